The number of hydrogen-bond acceptors (Lipinski definition) is 8. The third kappa shape index (κ3) is 10.7. The van der Waals surface area contributed by atoms with E-state index >= 15 is 0 Å². The number of ether oxygens (including phenoxy) is 2. The number of aromatic nitrogens is 6. The van der Waals surface area contributed by atoms with Crippen LogP contribution in [0.5, 0.6) is 23.0 Å². The molecule has 0 saturated carbocycles. The minimum atomic E-state index is -3.43. The molecule has 0 bridgehead atoms. The van der Waals surface area contributed by atoms with E-state index in [0.29, 0.717) is 0 Å². The van der Waals surface area contributed by atoms with Gasteiger partial charge >= 0.3 is 0 Å². The van der Waals surface area contributed by atoms with Gasteiger partial charge in [0.1, 0.15) is 23.0 Å². The third-order valence-corrected chi connectivity index (χ3v) is 27.4. The number of hydrogen-bond donors (Lipinski definition) is 0. The molecule has 109 heavy (non-hydrogen) atoms. The lowest BCUT2D eigenvalue weighted by Gasteiger charge is -2.35. The van der Waals surface area contributed by atoms with Crippen LogP contribution in [-0.4, -0.2) is 38.0 Å². The predicted molar refractivity (Wildman–Crippen MR) is 448 cm³/mol. The van der Waals surface area contributed by atoms with Crippen LogP contribution in [0.3, 0.4) is 0 Å². The summed E-state index contributed by atoms with van der Waals surface area (Å²) in [5.41, 5.74) is 21.5. The lowest BCUT2D eigenvalue weighted by molar-refractivity contribution is 0.419. The summed E-state index contributed by atoms with van der Waals surface area (Å²) in [4.78, 5) is 32.8. The van der Waals surface area contributed by atoms with Crippen LogP contribution in [-0.2, 0) is 10.8 Å². The number of rotatable bonds is 12. The van der Waals surface area contributed by atoms with Gasteiger partial charge in [-0.15, -0.1) is 0 Å². The molecule has 8 heterocycles. The van der Waals surface area contributed by atoms with Gasteiger partial charge in [0.15, 0.2) is 8.07 Å². The van der Waals surface area contributed by atoms with E-state index in [1.165, 1.54) is 20.7 Å². The predicted octanol–water partition coefficient (Wildman–Crippen LogP) is 22.2. The summed E-state index contributed by atoms with van der Waals surface area (Å²) < 4.78 is 14.3. The Hall–Kier alpha value is -13.6. The van der Waals surface area contributed by atoms with E-state index in [4.69, 9.17) is 39.4 Å². The van der Waals surface area contributed by atoms with Crippen molar-refractivity contribution in [2.24, 2.45) is 0 Å². The fourth-order valence-electron chi connectivity index (χ4n) is 17.3. The van der Waals surface area contributed by atoms with E-state index in [9.17, 15) is 0 Å². The molecule has 2 aliphatic heterocycles. The van der Waals surface area contributed by atoms with Gasteiger partial charge in [-0.2, -0.15) is 0 Å². The average molecular weight is 1420 g/mol. The molecule has 0 unspecified atom stereocenters. The molecule has 0 spiro atoms. The van der Waals surface area contributed by atoms with Crippen LogP contribution in [0.15, 0.2) is 352 Å². The van der Waals surface area contributed by atoms with E-state index in [1.54, 1.807) is 0 Å². The molecule has 2 aliphatic rings. The lowest BCUT2D eigenvalue weighted by atomic mass is 9.75. The van der Waals surface area contributed by atoms with Crippen LogP contribution in [0.4, 0.5) is 0 Å². The van der Waals surface area contributed by atoms with E-state index in [-0.39, 0.29) is 10.8 Å². The van der Waals surface area contributed by atoms with Crippen molar-refractivity contribution in [1.29, 1.82) is 0 Å². The number of pyridine rings is 6. The number of fused-ring (bicyclic) bond motifs is 10. The summed E-state index contributed by atoms with van der Waals surface area (Å²) >= 11 is 0. The first-order valence-corrected chi connectivity index (χ1v) is 39.2. The monoisotopic (exact) mass is 1410 g/mol. The Labute approximate surface area is 633 Å². The van der Waals surface area contributed by atoms with Crippen molar-refractivity contribution in [3.63, 3.8) is 0 Å². The molecule has 20 rings (SSSR count). The summed E-state index contributed by atoms with van der Waals surface area (Å²) in [6.45, 7) is 9.16. The van der Waals surface area contributed by atoms with E-state index in [2.05, 4.69) is 331 Å². The van der Waals surface area contributed by atoms with Gasteiger partial charge in [-0.05, 0) is 138 Å². The number of para-hydroxylation sites is 4. The van der Waals surface area contributed by atoms with Crippen LogP contribution >= 0.6 is 0 Å². The average Bonchev–Trinajstić information content (AvgIpc) is 0.729. The van der Waals surface area contributed by atoms with Crippen LogP contribution in [0.25, 0.3) is 133 Å². The molecule has 0 atom stereocenters. The summed E-state index contributed by atoms with van der Waals surface area (Å²) in [5, 5.41) is 8.78. The molecule has 516 valence electrons. The van der Waals surface area contributed by atoms with Crippen molar-refractivity contribution in [1.82, 2.24) is 29.9 Å². The Balaban J connectivity index is 0.841. The number of nitrogens with zero attached hydrogens (tertiary/aromatic N) is 6. The highest BCUT2D eigenvalue weighted by atomic mass is 28.3. The second kappa shape index (κ2) is 25.9. The minimum absolute atomic E-state index is 0.373. The highest BCUT2D eigenvalue weighted by Gasteiger charge is 2.43. The fourth-order valence-corrected chi connectivity index (χ4v) is 22.1. The van der Waals surface area contributed by atoms with Gasteiger partial charge in [-0.3, -0.25) is 9.97 Å². The van der Waals surface area contributed by atoms with Gasteiger partial charge in [0.05, 0.1) is 56.2 Å². The maximum absolute atomic E-state index is 7.13. The zero-order chi connectivity index (χ0) is 73.0. The molecule has 0 amide bonds. The SMILES string of the molecule is CC1(C)c2ccccc2Oc2c(-c3cc(-c4cccc([Si](c5ccccc5)(c5ccccc5)c5cccc(-c6cc(-c7cccc8c7Oc7ccccc7C8(C)C)nc7c6ccc6c(-c8ccccc8)cc(-c8ccccn8)nc67)c5)c4)c4ccc5c(-c6ccccc6)cc(-c6ccccn6)nc5c4n3)cccc21. The molecular formula is C100H70N6O2Si. The van der Waals surface area contributed by atoms with Gasteiger partial charge in [0, 0.05) is 78.1 Å². The maximum atomic E-state index is 7.13. The Kier molecular flexibility index (Phi) is 15.4. The molecular weight excluding hydrogens is 1350 g/mol. The highest BCUT2D eigenvalue weighted by molar-refractivity contribution is 7.20. The fraction of sp³-hybridized carbons (Fsp3) is 0.0600. The molecule has 0 fully saturated rings. The molecule has 9 heteroatoms. The van der Waals surface area contributed by atoms with Crippen molar-refractivity contribution < 1.29 is 9.47 Å². The third-order valence-electron chi connectivity index (χ3n) is 22.6. The Morgan fingerprint density at radius 2 is 0.550 bits per heavy atom. The van der Waals surface area contributed by atoms with Gasteiger partial charge in [0.2, 0.25) is 0 Å². The standard InChI is InChI=1S/C100H70N6O2Si/c1-99(2)81-43-17-19-49-91(81)107-97-75(41-27-45-83(97)99)87-59-79(73-53-51-71-77(63-29-9-5-10-30-63)61-89(85-47-21-23-55-101-85)105-95(71)93(73)103-87)65-33-25-39-69(57-65)109(67-35-13-7-14-36-67,68-37-15-8-16-38-68)70-40-26-34-66(58-70)80-60-88(76-42-28-46-84-98(76)108-92-50-20-18-44-82(92)100(84,3)4)104-94-74(80)54-52-72-78(64-31-11-6-12-32-64)62-90(106-96(72)94)86-48-22-24-56-102-86/h5-62H,1-4H3. The largest absolute Gasteiger partial charge is 0.456 e. The molecule has 0 aliphatic carbocycles. The second-order valence-electron chi connectivity index (χ2n) is 29.6. The summed E-state index contributed by atoms with van der Waals surface area (Å²) in [6, 6.07) is 122. The minimum Gasteiger partial charge on any atom is -0.456 e. The Morgan fingerprint density at radius 1 is 0.239 bits per heavy atom. The molecule has 12 aromatic carbocycles. The van der Waals surface area contributed by atoms with E-state index in [1.807, 2.05) is 48.8 Å². The van der Waals surface area contributed by atoms with Crippen molar-refractivity contribution in [2.45, 2.75) is 38.5 Å². The van der Waals surface area contributed by atoms with Gasteiger partial charge in [-0.1, -0.05) is 295 Å². The summed E-state index contributed by atoms with van der Waals surface area (Å²) in [6.07, 6.45) is 3.67. The Morgan fingerprint density at radius 3 is 0.945 bits per heavy atom. The van der Waals surface area contributed by atoms with Gasteiger partial charge < -0.3 is 9.47 Å². The zero-order valence-electron chi connectivity index (χ0n) is 60.5. The first-order valence-electron chi connectivity index (χ1n) is 37.2. The topological polar surface area (TPSA) is 95.8 Å². The van der Waals surface area contributed by atoms with Crippen LogP contribution in [0.2, 0.25) is 0 Å². The van der Waals surface area contributed by atoms with Gasteiger partial charge in [0.25, 0.3) is 0 Å². The first-order chi connectivity index (χ1) is 53.5. The highest BCUT2D eigenvalue weighted by Crippen LogP contribution is 2.54. The lowest BCUT2D eigenvalue weighted by Crippen LogP contribution is -2.74. The summed E-state index contributed by atoms with van der Waals surface area (Å²) in [5.74, 6) is 3.26. The molecule has 0 saturated heterocycles. The van der Waals surface area contributed by atoms with Crippen molar-refractivity contribution in [3.05, 3.63) is 374 Å². The quantitative estimate of drug-likeness (QED) is 0.0678. The first kappa shape index (κ1) is 65.0. The Bertz CT molecular complexity index is 6250. The summed E-state index contributed by atoms with van der Waals surface area (Å²) in [7, 11) is -3.43. The van der Waals surface area contributed by atoms with E-state index in [0.717, 1.165) is 179 Å². The van der Waals surface area contributed by atoms with Crippen molar-refractivity contribution >= 4 is 72.4 Å². The molecule has 0 N–H and O–H groups in total. The maximum Gasteiger partial charge on any atom is 0.179 e. The number of benzene rings is 12. The molecule has 0 radical (unpaired) electrons. The van der Waals surface area contributed by atoms with E-state index < -0.39 is 8.07 Å². The molecule has 18 aromatic rings. The van der Waals surface area contributed by atoms with Crippen LogP contribution in [0, 0.1) is 0 Å². The van der Waals surface area contributed by atoms with Crippen LogP contribution in [0.1, 0.15) is 49.9 Å². The molecule has 6 aromatic heterocycles. The van der Waals surface area contributed by atoms with Gasteiger partial charge in [-0.25, -0.2) is 19.9 Å². The van der Waals surface area contributed by atoms with Crippen molar-refractivity contribution in [2.75, 3.05) is 0 Å². The van der Waals surface area contributed by atoms with Crippen molar-refractivity contribution in [3.8, 4) is 113 Å². The smallest absolute Gasteiger partial charge is 0.179 e. The zero-order valence-corrected chi connectivity index (χ0v) is 61.5. The molecule has 8 nitrogen and oxygen atoms in total. The van der Waals surface area contributed by atoms with Crippen LogP contribution < -0.4 is 30.2 Å². The second-order valence-corrected chi connectivity index (χ2v) is 33.4. The normalized spacial score (nSPS) is 13.2.